The summed E-state index contributed by atoms with van der Waals surface area (Å²) in [6.07, 6.45) is 0. The summed E-state index contributed by atoms with van der Waals surface area (Å²) in [4.78, 5) is 4.47. The van der Waals surface area contributed by atoms with E-state index in [9.17, 15) is 8.42 Å². The van der Waals surface area contributed by atoms with Crippen molar-refractivity contribution >= 4 is 48.8 Å². The molecule has 0 radical (unpaired) electrons. The fourth-order valence-corrected chi connectivity index (χ4v) is 5.19. The summed E-state index contributed by atoms with van der Waals surface area (Å²) in [6, 6.07) is 5.60. The lowest BCUT2D eigenvalue weighted by Crippen LogP contribution is -2.31. The zero-order valence-corrected chi connectivity index (χ0v) is 14.2. The number of benzene rings is 1. The Morgan fingerprint density at radius 2 is 2.05 bits per heavy atom. The number of rotatable bonds is 4. The van der Waals surface area contributed by atoms with Gasteiger partial charge in [-0.15, -0.1) is 11.3 Å². The first-order chi connectivity index (χ1) is 9.19. The molecular formula is C13H18N2O2S3. The maximum Gasteiger partial charge on any atom is 0.156 e. The molecule has 4 nitrogen and oxygen atoms in total. The van der Waals surface area contributed by atoms with Gasteiger partial charge in [-0.1, -0.05) is 11.8 Å². The Hall–Kier alpha value is -0.790. The van der Waals surface area contributed by atoms with Crippen LogP contribution in [0.5, 0.6) is 0 Å². The summed E-state index contributed by atoms with van der Waals surface area (Å²) < 4.78 is 25.2. The smallest absolute Gasteiger partial charge is 0.156 e. The Bertz CT molecular complexity index is 715. The minimum Gasteiger partial charge on any atom is -0.399 e. The molecule has 0 bridgehead atoms. The number of hydrogen-bond acceptors (Lipinski definition) is 6. The number of nitrogen functional groups attached to an aromatic ring is 1. The molecule has 0 atom stereocenters. The second-order valence-corrected chi connectivity index (χ2v) is 10.7. The molecular weight excluding hydrogens is 312 g/mol. The molecule has 0 aliphatic rings. The van der Waals surface area contributed by atoms with Gasteiger partial charge in [-0.3, -0.25) is 0 Å². The molecule has 0 fully saturated rings. The lowest BCUT2D eigenvalue weighted by Gasteiger charge is -2.18. The average Bonchev–Trinajstić information content (AvgIpc) is 2.68. The number of aromatic nitrogens is 1. The molecule has 2 N–H and O–H groups in total. The predicted octanol–water partition coefficient (Wildman–Crippen LogP) is 3.18. The van der Waals surface area contributed by atoms with Gasteiger partial charge in [-0.25, -0.2) is 13.4 Å². The number of nitrogens with two attached hydrogens (primary N) is 1. The van der Waals surface area contributed by atoms with Crippen molar-refractivity contribution in [2.45, 2.75) is 29.9 Å². The number of fused-ring (bicyclic) bond motifs is 1. The van der Waals surface area contributed by atoms with Crippen LogP contribution in [0.15, 0.2) is 22.5 Å². The van der Waals surface area contributed by atoms with Crippen LogP contribution in [0.1, 0.15) is 20.8 Å². The highest BCUT2D eigenvalue weighted by atomic mass is 32.2. The molecule has 0 spiro atoms. The van der Waals surface area contributed by atoms with Crippen LogP contribution >= 0.6 is 23.1 Å². The summed E-state index contributed by atoms with van der Waals surface area (Å²) in [5.41, 5.74) is 7.35. The van der Waals surface area contributed by atoms with E-state index in [4.69, 9.17) is 5.73 Å². The van der Waals surface area contributed by atoms with E-state index in [0.29, 0.717) is 11.4 Å². The van der Waals surface area contributed by atoms with Crippen molar-refractivity contribution in [2.75, 3.05) is 17.2 Å². The van der Waals surface area contributed by atoms with Crippen molar-refractivity contribution in [3.8, 4) is 0 Å². The van der Waals surface area contributed by atoms with Crippen molar-refractivity contribution in [2.24, 2.45) is 0 Å². The predicted molar refractivity (Wildman–Crippen MR) is 88.3 cm³/mol. The lowest BCUT2D eigenvalue weighted by atomic mass is 10.3. The van der Waals surface area contributed by atoms with E-state index in [0.717, 1.165) is 14.6 Å². The molecule has 0 aliphatic heterocycles. The summed E-state index contributed by atoms with van der Waals surface area (Å²) in [5, 5.41) is 0. The number of hydrogen-bond donors (Lipinski definition) is 1. The SMILES string of the molecule is CC(C)(C)S(=O)(=O)CCSc1nc2ccc(N)cc2s1. The maximum atomic E-state index is 12.0. The second kappa shape index (κ2) is 5.54. The minimum absolute atomic E-state index is 0.166. The molecule has 2 rings (SSSR count). The van der Waals surface area contributed by atoms with Crippen molar-refractivity contribution in [3.63, 3.8) is 0 Å². The molecule has 2 aromatic rings. The summed E-state index contributed by atoms with van der Waals surface area (Å²) in [7, 11) is -3.07. The fraction of sp³-hybridized carbons (Fsp3) is 0.462. The van der Waals surface area contributed by atoms with Crippen molar-refractivity contribution < 1.29 is 8.42 Å². The van der Waals surface area contributed by atoms with Crippen molar-refractivity contribution in [1.29, 1.82) is 0 Å². The number of nitrogens with zero attached hydrogens (tertiary/aromatic N) is 1. The zero-order valence-electron chi connectivity index (χ0n) is 11.7. The third kappa shape index (κ3) is 3.45. The van der Waals surface area contributed by atoms with E-state index in [1.165, 1.54) is 11.8 Å². The molecule has 7 heteroatoms. The fourth-order valence-electron chi connectivity index (χ4n) is 1.53. The average molecular weight is 331 g/mol. The number of thioether (sulfide) groups is 1. The van der Waals surface area contributed by atoms with Gasteiger partial charge in [0, 0.05) is 11.4 Å². The van der Waals surface area contributed by atoms with Crippen LogP contribution in [-0.4, -0.2) is 29.7 Å². The van der Waals surface area contributed by atoms with E-state index >= 15 is 0 Å². The molecule has 0 amide bonds. The zero-order chi connectivity index (χ0) is 15.0. The number of sulfone groups is 1. The third-order valence-corrected chi connectivity index (χ3v) is 7.93. The Kier molecular flexibility index (Phi) is 4.32. The molecule has 0 saturated carbocycles. The highest BCUT2D eigenvalue weighted by Gasteiger charge is 2.28. The Morgan fingerprint density at radius 1 is 1.35 bits per heavy atom. The van der Waals surface area contributed by atoms with E-state index in [1.807, 2.05) is 18.2 Å². The van der Waals surface area contributed by atoms with E-state index in [1.54, 1.807) is 32.1 Å². The topological polar surface area (TPSA) is 73.0 Å². The molecule has 0 unspecified atom stereocenters. The number of anilines is 1. The minimum atomic E-state index is -3.07. The third-order valence-electron chi connectivity index (χ3n) is 2.90. The van der Waals surface area contributed by atoms with E-state index < -0.39 is 14.6 Å². The van der Waals surface area contributed by atoms with Crippen LogP contribution in [0.4, 0.5) is 5.69 Å². The van der Waals surface area contributed by atoms with E-state index in [-0.39, 0.29) is 5.75 Å². The van der Waals surface area contributed by atoms with Gasteiger partial charge in [0.15, 0.2) is 14.2 Å². The van der Waals surface area contributed by atoms with E-state index in [2.05, 4.69) is 4.98 Å². The van der Waals surface area contributed by atoms with Gasteiger partial charge in [0.25, 0.3) is 0 Å². The summed E-state index contributed by atoms with van der Waals surface area (Å²) in [6.45, 7) is 5.19. The Labute approximate surface area is 127 Å². The van der Waals surface area contributed by atoms with Crippen LogP contribution in [0.3, 0.4) is 0 Å². The van der Waals surface area contributed by atoms with Gasteiger partial charge in [0.05, 0.1) is 20.7 Å². The van der Waals surface area contributed by atoms with Crippen molar-refractivity contribution in [3.05, 3.63) is 18.2 Å². The van der Waals surface area contributed by atoms with Gasteiger partial charge in [0.1, 0.15) is 0 Å². The number of thiazole rings is 1. The second-order valence-electron chi connectivity index (χ2n) is 5.49. The molecule has 0 saturated heterocycles. The molecule has 20 heavy (non-hydrogen) atoms. The van der Waals surface area contributed by atoms with Gasteiger partial charge in [-0.2, -0.15) is 0 Å². The van der Waals surface area contributed by atoms with Gasteiger partial charge >= 0.3 is 0 Å². The Morgan fingerprint density at radius 3 is 2.70 bits per heavy atom. The normalized spacial score (nSPS) is 12.9. The quantitative estimate of drug-likeness (QED) is 0.688. The molecule has 110 valence electrons. The van der Waals surface area contributed by atoms with Crippen molar-refractivity contribution in [1.82, 2.24) is 4.98 Å². The van der Waals surface area contributed by atoms with Crippen LogP contribution < -0.4 is 5.73 Å². The van der Waals surface area contributed by atoms with Crippen LogP contribution in [-0.2, 0) is 9.84 Å². The van der Waals surface area contributed by atoms with Gasteiger partial charge in [0.2, 0.25) is 0 Å². The summed E-state index contributed by atoms with van der Waals surface area (Å²) >= 11 is 3.03. The highest BCUT2D eigenvalue weighted by molar-refractivity contribution is 8.02. The summed E-state index contributed by atoms with van der Waals surface area (Å²) in [5.74, 6) is 0.689. The molecule has 1 aromatic heterocycles. The van der Waals surface area contributed by atoms with Crippen LogP contribution in [0.2, 0.25) is 0 Å². The van der Waals surface area contributed by atoms with Gasteiger partial charge in [-0.05, 0) is 39.0 Å². The standard InChI is InChI=1S/C13H18N2O2S3/c1-13(2,3)20(16,17)7-6-18-12-15-10-5-4-9(14)8-11(10)19-12/h4-5,8H,6-7,14H2,1-3H3. The van der Waals surface area contributed by atoms with Crippen LogP contribution in [0.25, 0.3) is 10.2 Å². The molecule has 1 aromatic carbocycles. The highest BCUT2D eigenvalue weighted by Crippen LogP contribution is 2.31. The monoisotopic (exact) mass is 330 g/mol. The first-order valence-corrected chi connectivity index (χ1v) is 9.66. The molecule has 1 heterocycles. The first-order valence-electron chi connectivity index (χ1n) is 6.20. The van der Waals surface area contributed by atoms with Gasteiger partial charge < -0.3 is 5.73 Å². The molecule has 0 aliphatic carbocycles. The Balaban J connectivity index is 2.03. The first kappa shape index (κ1) is 15.6. The maximum absolute atomic E-state index is 12.0. The largest absolute Gasteiger partial charge is 0.399 e. The lowest BCUT2D eigenvalue weighted by molar-refractivity contribution is 0.562. The van der Waals surface area contributed by atoms with Crippen LogP contribution in [0, 0.1) is 0 Å².